The van der Waals surface area contributed by atoms with Gasteiger partial charge in [0, 0.05) is 36.1 Å². The van der Waals surface area contributed by atoms with Crippen molar-refractivity contribution in [1.29, 1.82) is 0 Å². The molecule has 0 aromatic heterocycles. The number of carbonyl (C=O) groups is 3. The highest BCUT2D eigenvalue weighted by Gasteiger charge is 2.28. The lowest BCUT2D eigenvalue weighted by Crippen LogP contribution is -2.48. The molecule has 40 heavy (non-hydrogen) atoms. The average Bonchev–Trinajstić information content (AvgIpc) is 2.89. The van der Waals surface area contributed by atoms with Crippen LogP contribution in [-0.4, -0.2) is 55.7 Å². The largest absolute Gasteiger partial charge is 0.545 e. The van der Waals surface area contributed by atoms with Crippen LogP contribution in [0, 0.1) is 6.92 Å². The normalized spacial score (nSPS) is 14.5. The number of carboxylic acid groups (broad SMARTS) is 1. The molecule has 3 aromatic carbocycles. The van der Waals surface area contributed by atoms with Gasteiger partial charge >= 0.3 is 6.09 Å². The third kappa shape index (κ3) is 8.53. The van der Waals surface area contributed by atoms with E-state index in [-0.39, 0.29) is 48.0 Å². The number of nitrogens with one attached hydrogen (secondary N) is 2. The van der Waals surface area contributed by atoms with E-state index in [0.717, 1.165) is 47.1 Å². The Hall–Kier alpha value is -3.44. The van der Waals surface area contributed by atoms with Crippen LogP contribution in [0.5, 0.6) is 0 Å². The van der Waals surface area contributed by atoms with Crippen LogP contribution in [0.4, 0.5) is 16.2 Å². The second kappa shape index (κ2) is 13.8. The van der Waals surface area contributed by atoms with E-state index in [1.165, 1.54) is 6.07 Å². The summed E-state index contributed by atoms with van der Waals surface area (Å²) in [4.78, 5) is 36.5. The molecule has 0 saturated carbocycles. The lowest BCUT2D eigenvalue weighted by Gasteiger charge is -2.36. The van der Waals surface area contributed by atoms with Crippen LogP contribution in [0.15, 0.2) is 66.7 Å². The minimum absolute atomic E-state index is 0. The molecule has 8 nitrogen and oxygen atoms in total. The van der Waals surface area contributed by atoms with Crippen LogP contribution >= 0.6 is 24.0 Å². The number of likely N-dealkylation sites (tertiary alicyclic amines) is 1. The third-order valence-corrected chi connectivity index (χ3v) is 7.16. The average molecular weight is 658 g/mol. The highest BCUT2D eigenvalue weighted by molar-refractivity contribution is 14.0. The first kappa shape index (κ1) is 31.1. The van der Waals surface area contributed by atoms with Crippen LogP contribution < -0.4 is 15.7 Å². The maximum absolute atomic E-state index is 12.8. The lowest BCUT2D eigenvalue weighted by molar-refractivity contribution is -0.896. The number of hydrogen-bond acceptors (Lipinski definition) is 5. The van der Waals surface area contributed by atoms with Gasteiger partial charge in [0.25, 0.3) is 0 Å². The minimum atomic E-state index is -1.25. The number of anilines is 2. The predicted molar refractivity (Wildman–Crippen MR) is 165 cm³/mol. The van der Waals surface area contributed by atoms with Crippen molar-refractivity contribution in [3.05, 3.63) is 83.4 Å². The van der Waals surface area contributed by atoms with E-state index >= 15 is 0 Å². The molecular formula is C31H36IN3O5. The Balaban J connectivity index is 0.00000441. The van der Waals surface area contributed by atoms with Gasteiger partial charge in [-0.25, -0.2) is 4.79 Å². The number of aryl methyl sites for hydroxylation is 2. The molecule has 2 amide bonds. The van der Waals surface area contributed by atoms with E-state index in [1.54, 1.807) is 19.1 Å². The van der Waals surface area contributed by atoms with Crippen molar-refractivity contribution >= 4 is 53.3 Å². The van der Waals surface area contributed by atoms with Crippen molar-refractivity contribution in [3.8, 4) is 11.1 Å². The Kier molecular flexibility index (Phi) is 10.7. The van der Waals surface area contributed by atoms with Gasteiger partial charge in [-0.05, 0) is 54.3 Å². The zero-order valence-corrected chi connectivity index (χ0v) is 25.4. The lowest BCUT2D eigenvalue weighted by atomic mass is 9.98. The first-order chi connectivity index (χ1) is 18.6. The summed E-state index contributed by atoms with van der Waals surface area (Å²) in [6, 6.07) is 20.1. The van der Waals surface area contributed by atoms with Crippen LogP contribution in [0.1, 0.15) is 40.7 Å². The maximum Gasteiger partial charge on any atom is 0.411 e. The highest BCUT2D eigenvalue weighted by Crippen LogP contribution is 2.30. The van der Waals surface area contributed by atoms with Gasteiger partial charge in [-0.3, -0.25) is 10.1 Å². The van der Waals surface area contributed by atoms with Crippen molar-refractivity contribution in [3.63, 3.8) is 0 Å². The third-order valence-electron chi connectivity index (χ3n) is 7.16. The molecule has 0 radical (unpaired) electrons. The maximum atomic E-state index is 12.8. The fraction of sp³-hybridized carbons (Fsp3) is 0.323. The summed E-state index contributed by atoms with van der Waals surface area (Å²) < 4.78 is 6.66. The second-order valence-corrected chi connectivity index (χ2v) is 10.7. The van der Waals surface area contributed by atoms with Crippen molar-refractivity contribution in [2.75, 3.05) is 37.8 Å². The molecule has 2 N–H and O–H groups in total. The molecule has 0 atom stereocenters. The topological polar surface area (TPSA) is 108 Å². The first-order valence-electron chi connectivity index (χ1n) is 13.2. The van der Waals surface area contributed by atoms with Gasteiger partial charge in [-0.2, -0.15) is 0 Å². The molecule has 0 spiro atoms. The zero-order chi connectivity index (χ0) is 28.0. The molecule has 0 unspecified atom stereocenters. The number of piperidine rings is 1. The molecule has 1 aliphatic heterocycles. The predicted octanol–water partition coefficient (Wildman–Crippen LogP) is 5.00. The molecule has 1 heterocycles. The Morgan fingerprint density at radius 2 is 1.65 bits per heavy atom. The van der Waals surface area contributed by atoms with Gasteiger partial charge in [0.1, 0.15) is 6.10 Å². The molecule has 4 rings (SSSR count). The Morgan fingerprint density at radius 3 is 2.30 bits per heavy atom. The Bertz CT molecular complexity index is 1350. The number of rotatable bonds is 8. The smallest absolute Gasteiger partial charge is 0.411 e. The van der Waals surface area contributed by atoms with Crippen LogP contribution in [-0.2, 0) is 16.0 Å². The molecule has 9 heteroatoms. The number of ether oxygens (including phenoxy) is 1. The number of halogens is 1. The molecule has 1 saturated heterocycles. The Morgan fingerprint density at radius 1 is 0.950 bits per heavy atom. The minimum Gasteiger partial charge on any atom is -0.545 e. The number of benzene rings is 3. The fourth-order valence-electron chi connectivity index (χ4n) is 4.82. The summed E-state index contributed by atoms with van der Waals surface area (Å²) in [6.07, 6.45) is 1.86. The van der Waals surface area contributed by atoms with Crippen LogP contribution in [0.25, 0.3) is 11.1 Å². The molecule has 1 aliphatic rings. The van der Waals surface area contributed by atoms with Gasteiger partial charge in [-0.1, -0.05) is 42.5 Å². The number of aromatic carboxylic acids is 1. The summed E-state index contributed by atoms with van der Waals surface area (Å²) in [5, 5.41) is 16.9. The molecule has 1 fully saturated rings. The van der Waals surface area contributed by atoms with Crippen molar-refractivity contribution in [2.45, 2.75) is 38.7 Å². The van der Waals surface area contributed by atoms with Crippen LogP contribution in [0.2, 0.25) is 0 Å². The van der Waals surface area contributed by atoms with Gasteiger partial charge in [-0.15, -0.1) is 24.0 Å². The number of carboxylic acids is 1. The quantitative estimate of drug-likeness (QED) is 0.262. The first-order valence-corrected chi connectivity index (χ1v) is 13.2. The van der Waals surface area contributed by atoms with Crippen molar-refractivity contribution in [2.24, 2.45) is 0 Å². The van der Waals surface area contributed by atoms with Crippen molar-refractivity contribution in [1.82, 2.24) is 0 Å². The molecule has 3 aromatic rings. The number of carbonyl (C=O) groups excluding carboxylic acids is 3. The number of quaternary nitrogens is 1. The highest BCUT2D eigenvalue weighted by atomic mass is 127. The fourth-order valence-corrected chi connectivity index (χ4v) is 4.82. The standard InChI is InChI=1S/C31H35N3O5.HI/c1-21-19-24(11-12-26(21)30(36)37)32-29(35)14-10-22-9-13-28(27(20-22)23-7-5-4-6-8-23)33-31(38)39-25-15-17-34(2,3)18-16-25;/h4-9,11-13,19-20,25H,10,14-18H2,1-3H3,(H2-,32,33,35,36,37,38);1H. The number of nitrogens with zero attached hydrogens (tertiary/aromatic N) is 1. The Labute approximate surface area is 252 Å². The summed E-state index contributed by atoms with van der Waals surface area (Å²) in [5.74, 6) is -1.43. The van der Waals surface area contributed by atoms with E-state index < -0.39 is 12.1 Å². The number of hydrogen-bond donors (Lipinski definition) is 2. The molecule has 212 valence electrons. The van der Waals surface area contributed by atoms with E-state index in [0.29, 0.717) is 23.4 Å². The number of amides is 2. The summed E-state index contributed by atoms with van der Waals surface area (Å²) in [6.45, 7) is 3.60. The van der Waals surface area contributed by atoms with Gasteiger partial charge in [0.15, 0.2) is 0 Å². The summed E-state index contributed by atoms with van der Waals surface area (Å²) in [5.41, 5.74) is 4.54. The van der Waals surface area contributed by atoms with E-state index in [9.17, 15) is 19.5 Å². The van der Waals surface area contributed by atoms with Gasteiger partial charge < -0.3 is 24.4 Å². The SMILES string of the molecule is Cc1cc(NC(=O)CCc2ccc(NC(=O)OC3CC[N+](C)(C)CC3)c(-c3ccccc3)c2)ccc1C(=O)[O-].I. The van der Waals surface area contributed by atoms with E-state index in [2.05, 4.69) is 24.7 Å². The van der Waals surface area contributed by atoms with E-state index in [4.69, 9.17) is 4.74 Å². The molecule has 0 bridgehead atoms. The summed E-state index contributed by atoms with van der Waals surface area (Å²) in [7, 11) is 4.37. The monoisotopic (exact) mass is 657 g/mol. The van der Waals surface area contributed by atoms with Crippen molar-refractivity contribution < 1.29 is 28.7 Å². The second-order valence-electron chi connectivity index (χ2n) is 10.7. The molecule has 0 aliphatic carbocycles. The van der Waals surface area contributed by atoms with Crippen LogP contribution in [0.3, 0.4) is 0 Å². The molecular weight excluding hydrogens is 621 g/mol. The summed E-state index contributed by atoms with van der Waals surface area (Å²) >= 11 is 0. The zero-order valence-electron chi connectivity index (χ0n) is 23.1. The van der Waals surface area contributed by atoms with Gasteiger partial charge in [0.2, 0.25) is 5.91 Å². The van der Waals surface area contributed by atoms with Gasteiger partial charge in [0.05, 0.1) is 38.8 Å². The van der Waals surface area contributed by atoms with E-state index in [1.807, 2.05) is 48.5 Å².